The summed E-state index contributed by atoms with van der Waals surface area (Å²) in [7, 11) is -3.44. The molecule has 0 spiro atoms. The van der Waals surface area contributed by atoms with Crippen LogP contribution in [-0.2, 0) is 16.6 Å². The van der Waals surface area contributed by atoms with Gasteiger partial charge in [0.1, 0.15) is 5.82 Å². The number of rotatable bonds is 5. The Labute approximate surface area is 98.6 Å². The molecule has 3 N–H and O–H groups in total. The third kappa shape index (κ3) is 4.89. The van der Waals surface area contributed by atoms with E-state index in [0.29, 0.717) is 6.54 Å². The predicted molar refractivity (Wildman–Crippen MR) is 61.1 cm³/mol. The quantitative estimate of drug-likeness (QED) is 0.777. The van der Waals surface area contributed by atoms with E-state index in [9.17, 15) is 12.8 Å². The molecule has 0 aromatic heterocycles. The largest absolute Gasteiger partial charge is 0.312 e. The number of primary sulfonamides is 1. The minimum atomic E-state index is -3.44. The van der Waals surface area contributed by atoms with Gasteiger partial charge >= 0.3 is 0 Å². The monoisotopic (exact) mass is 266 g/mol. The van der Waals surface area contributed by atoms with E-state index in [1.807, 2.05) is 0 Å². The molecule has 0 unspecified atom stereocenters. The van der Waals surface area contributed by atoms with Crippen LogP contribution in [0.1, 0.15) is 5.56 Å². The fourth-order valence-electron chi connectivity index (χ4n) is 1.10. The van der Waals surface area contributed by atoms with Crippen molar-refractivity contribution in [2.45, 2.75) is 6.54 Å². The average Bonchev–Trinajstić information content (AvgIpc) is 2.17. The van der Waals surface area contributed by atoms with E-state index in [4.69, 9.17) is 16.7 Å². The second-order valence-electron chi connectivity index (χ2n) is 3.29. The normalized spacial score (nSPS) is 11.7. The van der Waals surface area contributed by atoms with Crippen LogP contribution < -0.4 is 10.5 Å². The van der Waals surface area contributed by atoms with Gasteiger partial charge in [0.15, 0.2) is 0 Å². The first-order valence-electron chi connectivity index (χ1n) is 4.53. The smallest absolute Gasteiger partial charge is 0.210 e. The van der Waals surface area contributed by atoms with Gasteiger partial charge in [-0.25, -0.2) is 17.9 Å². The molecular formula is C9H12ClFN2O2S. The summed E-state index contributed by atoms with van der Waals surface area (Å²) in [5.74, 6) is -0.614. The molecule has 1 rings (SSSR count). The van der Waals surface area contributed by atoms with Crippen LogP contribution in [0.2, 0.25) is 5.02 Å². The second kappa shape index (κ2) is 5.58. The zero-order chi connectivity index (χ0) is 12.2. The van der Waals surface area contributed by atoms with E-state index >= 15 is 0 Å². The maximum atomic E-state index is 12.8. The highest BCUT2D eigenvalue weighted by molar-refractivity contribution is 7.89. The van der Waals surface area contributed by atoms with Crippen LogP contribution in [0.4, 0.5) is 4.39 Å². The molecule has 90 valence electrons. The van der Waals surface area contributed by atoms with Crippen molar-refractivity contribution in [2.24, 2.45) is 5.14 Å². The molecule has 0 aliphatic rings. The molecule has 0 saturated carbocycles. The molecule has 4 nitrogen and oxygen atoms in total. The number of halogens is 2. The van der Waals surface area contributed by atoms with Crippen molar-refractivity contribution in [2.75, 3.05) is 12.3 Å². The van der Waals surface area contributed by atoms with Gasteiger partial charge in [0.25, 0.3) is 0 Å². The Morgan fingerprint density at radius 1 is 1.44 bits per heavy atom. The van der Waals surface area contributed by atoms with Crippen LogP contribution in [0.3, 0.4) is 0 Å². The topological polar surface area (TPSA) is 72.2 Å². The van der Waals surface area contributed by atoms with E-state index < -0.39 is 15.8 Å². The summed E-state index contributed by atoms with van der Waals surface area (Å²) < 4.78 is 34.0. The van der Waals surface area contributed by atoms with Gasteiger partial charge in [-0.3, -0.25) is 0 Å². The first-order valence-corrected chi connectivity index (χ1v) is 6.63. The van der Waals surface area contributed by atoms with Crippen LogP contribution in [-0.4, -0.2) is 20.7 Å². The molecule has 0 radical (unpaired) electrons. The van der Waals surface area contributed by atoms with Gasteiger partial charge in [0.05, 0.1) is 10.8 Å². The first-order chi connectivity index (χ1) is 7.38. The van der Waals surface area contributed by atoms with Gasteiger partial charge in [-0.15, -0.1) is 0 Å². The highest BCUT2D eigenvalue weighted by atomic mass is 35.5. The zero-order valence-electron chi connectivity index (χ0n) is 8.41. The molecule has 0 amide bonds. The van der Waals surface area contributed by atoms with Crippen molar-refractivity contribution >= 4 is 21.6 Å². The van der Waals surface area contributed by atoms with Gasteiger partial charge < -0.3 is 5.32 Å². The van der Waals surface area contributed by atoms with E-state index in [1.54, 1.807) is 6.07 Å². The number of benzene rings is 1. The fraction of sp³-hybridized carbons (Fsp3) is 0.333. The average molecular weight is 267 g/mol. The summed E-state index contributed by atoms with van der Waals surface area (Å²) in [6.45, 7) is 0.656. The first kappa shape index (κ1) is 13.4. The summed E-state index contributed by atoms with van der Waals surface area (Å²) in [6.07, 6.45) is 0. The lowest BCUT2D eigenvalue weighted by atomic mass is 10.2. The Bertz CT molecular complexity index is 465. The maximum absolute atomic E-state index is 12.8. The van der Waals surface area contributed by atoms with Gasteiger partial charge in [-0.05, 0) is 17.7 Å². The van der Waals surface area contributed by atoms with Crippen molar-refractivity contribution < 1.29 is 12.8 Å². The lowest BCUT2D eigenvalue weighted by Gasteiger charge is -2.04. The molecule has 16 heavy (non-hydrogen) atoms. The Balaban J connectivity index is 2.41. The van der Waals surface area contributed by atoms with Crippen LogP contribution in [0.25, 0.3) is 0 Å². The van der Waals surface area contributed by atoms with Gasteiger partial charge in [0, 0.05) is 13.1 Å². The number of sulfonamides is 1. The van der Waals surface area contributed by atoms with E-state index in [0.717, 1.165) is 5.56 Å². The SMILES string of the molecule is NS(=O)(=O)CCNCc1ccc(F)c(Cl)c1. The van der Waals surface area contributed by atoms with Gasteiger partial charge in [-0.1, -0.05) is 17.7 Å². The second-order valence-corrected chi connectivity index (χ2v) is 5.43. The number of hydrogen-bond acceptors (Lipinski definition) is 3. The van der Waals surface area contributed by atoms with Crippen LogP contribution >= 0.6 is 11.6 Å². The van der Waals surface area contributed by atoms with Crippen LogP contribution in [0.15, 0.2) is 18.2 Å². The molecule has 0 bridgehead atoms. The molecule has 0 heterocycles. The Morgan fingerprint density at radius 2 is 2.12 bits per heavy atom. The summed E-state index contributed by atoms with van der Waals surface area (Å²) in [6, 6.07) is 4.32. The molecule has 0 saturated heterocycles. The van der Waals surface area contributed by atoms with E-state index in [1.165, 1.54) is 12.1 Å². The maximum Gasteiger partial charge on any atom is 0.210 e. The molecule has 7 heteroatoms. The highest BCUT2D eigenvalue weighted by Gasteiger charge is 2.03. The summed E-state index contributed by atoms with van der Waals surface area (Å²) in [4.78, 5) is 0. The van der Waals surface area contributed by atoms with E-state index in [2.05, 4.69) is 5.32 Å². The predicted octanol–water partition coefficient (Wildman–Crippen LogP) is 0.857. The molecule has 0 fully saturated rings. The van der Waals surface area contributed by atoms with Crippen LogP contribution in [0.5, 0.6) is 0 Å². The minimum Gasteiger partial charge on any atom is -0.312 e. The van der Waals surface area contributed by atoms with Crippen LogP contribution in [0, 0.1) is 5.82 Å². The standard InChI is InChI=1S/C9H12ClFN2O2S/c10-8-5-7(1-2-9(8)11)6-13-3-4-16(12,14)15/h1-2,5,13H,3-4,6H2,(H2,12,14,15). The summed E-state index contributed by atoms with van der Waals surface area (Å²) >= 11 is 5.58. The third-order valence-electron chi connectivity index (χ3n) is 1.88. The third-order valence-corrected chi connectivity index (χ3v) is 2.94. The van der Waals surface area contributed by atoms with Crippen molar-refractivity contribution in [3.05, 3.63) is 34.6 Å². The molecule has 0 atom stereocenters. The van der Waals surface area contributed by atoms with E-state index in [-0.39, 0.29) is 17.3 Å². The fourth-order valence-corrected chi connectivity index (χ4v) is 1.73. The summed E-state index contributed by atoms with van der Waals surface area (Å²) in [5.41, 5.74) is 0.779. The van der Waals surface area contributed by atoms with Gasteiger partial charge in [0.2, 0.25) is 10.0 Å². The Hall–Kier alpha value is -0.690. The van der Waals surface area contributed by atoms with Crippen molar-refractivity contribution in [1.82, 2.24) is 5.32 Å². The molecule has 1 aromatic rings. The molecule has 1 aromatic carbocycles. The molecular weight excluding hydrogens is 255 g/mol. The summed E-state index contributed by atoms with van der Waals surface area (Å²) in [5, 5.41) is 7.73. The lowest BCUT2D eigenvalue weighted by Crippen LogP contribution is -2.26. The van der Waals surface area contributed by atoms with Crippen molar-refractivity contribution in [3.63, 3.8) is 0 Å². The highest BCUT2D eigenvalue weighted by Crippen LogP contribution is 2.15. The molecule has 0 aliphatic heterocycles. The number of nitrogens with one attached hydrogen (secondary N) is 1. The minimum absolute atomic E-state index is 0.0470. The van der Waals surface area contributed by atoms with Crippen molar-refractivity contribution in [1.29, 1.82) is 0 Å². The number of hydrogen-bond donors (Lipinski definition) is 2. The Morgan fingerprint density at radius 3 is 2.69 bits per heavy atom. The van der Waals surface area contributed by atoms with Crippen molar-refractivity contribution in [3.8, 4) is 0 Å². The zero-order valence-corrected chi connectivity index (χ0v) is 9.98. The Kier molecular flexibility index (Phi) is 4.67. The number of nitrogens with two attached hydrogens (primary N) is 1. The van der Waals surface area contributed by atoms with Gasteiger partial charge in [-0.2, -0.15) is 0 Å². The lowest BCUT2D eigenvalue weighted by molar-refractivity contribution is 0.592. The molecule has 0 aliphatic carbocycles.